The summed E-state index contributed by atoms with van der Waals surface area (Å²) < 4.78 is 2.49. The quantitative estimate of drug-likeness (QED) is 0.154. The molecule has 8 aromatic rings. The highest BCUT2D eigenvalue weighted by molar-refractivity contribution is 6.30. The first-order valence-corrected chi connectivity index (χ1v) is 22.3. The van der Waals surface area contributed by atoms with Crippen LogP contribution in [-0.2, 0) is 21.7 Å². The van der Waals surface area contributed by atoms with Gasteiger partial charge in [0, 0.05) is 48.9 Å². The van der Waals surface area contributed by atoms with Crippen LogP contribution < -0.4 is 0 Å². The van der Waals surface area contributed by atoms with Crippen molar-refractivity contribution in [3.63, 3.8) is 0 Å². The van der Waals surface area contributed by atoms with Crippen molar-refractivity contribution in [2.45, 2.75) is 107 Å². The second kappa shape index (κ2) is 10.2. The van der Waals surface area contributed by atoms with Crippen molar-refractivity contribution < 1.29 is 9.59 Å². The Morgan fingerprint density at radius 3 is 1.63 bits per heavy atom. The molecule has 16 rings (SSSR count). The Morgan fingerprint density at radius 2 is 0.966 bits per heavy atom. The Balaban J connectivity index is 1.20. The summed E-state index contributed by atoms with van der Waals surface area (Å²) in [5.74, 6) is 0.480. The first-order chi connectivity index (χ1) is 28.5. The molecule has 6 aromatic carbocycles. The molecule has 4 bridgehead atoms. The van der Waals surface area contributed by atoms with Gasteiger partial charge in [0.15, 0.2) is 11.6 Å². The lowest BCUT2D eigenvalue weighted by Crippen LogP contribution is -2.40. The van der Waals surface area contributed by atoms with Crippen molar-refractivity contribution in [3.8, 4) is 11.1 Å². The van der Waals surface area contributed by atoms with Crippen molar-refractivity contribution in [2.75, 3.05) is 0 Å². The molecule has 0 aliphatic heterocycles. The lowest BCUT2D eigenvalue weighted by atomic mass is 9.59. The molecular weight excluding hydrogens is 719 g/mol. The number of carbonyl (C=O) groups is 2. The van der Waals surface area contributed by atoms with Gasteiger partial charge in [-0.3, -0.25) is 9.59 Å². The molecule has 8 aliphatic carbocycles. The van der Waals surface area contributed by atoms with Crippen LogP contribution in [0.3, 0.4) is 0 Å². The van der Waals surface area contributed by atoms with Gasteiger partial charge in [0.25, 0.3) is 0 Å². The van der Waals surface area contributed by atoms with Crippen LogP contribution in [0.1, 0.15) is 151 Å². The van der Waals surface area contributed by atoms with Gasteiger partial charge in [-0.1, -0.05) is 106 Å². The largest absolute Gasteiger partial charge is 0.308 e. The van der Waals surface area contributed by atoms with Crippen LogP contribution in [0.25, 0.3) is 49.2 Å². The van der Waals surface area contributed by atoms with E-state index in [9.17, 15) is 4.79 Å². The van der Waals surface area contributed by atoms with Gasteiger partial charge in [0.1, 0.15) is 0 Å². The van der Waals surface area contributed by atoms with Gasteiger partial charge in [-0.05, 0) is 144 Å². The van der Waals surface area contributed by atoms with E-state index in [-0.39, 0.29) is 22.0 Å². The number of hydrogen-bond donors (Lipinski definition) is 0. The van der Waals surface area contributed by atoms with E-state index < -0.39 is 10.8 Å². The molecule has 288 valence electrons. The lowest BCUT2D eigenvalue weighted by molar-refractivity contribution is 0.0731. The zero-order valence-electron chi connectivity index (χ0n) is 34.4. The Labute approximate surface area is 344 Å². The summed E-state index contributed by atoms with van der Waals surface area (Å²) in [5.41, 5.74) is 16.2. The van der Waals surface area contributed by atoms with E-state index in [1.54, 1.807) is 0 Å². The smallest absolute Gasteiger partial charge is 0.177 e. The Bertz CT molecular complexity index is 3260. The van der Waals surface area contributed by atoms with Crippen LogP contribution in [0.15, 0.2) is 103 Å². The third-order valence-electron chi connectivity index (χ3n) is 17.9. The number of ketones is 2. The average Bonchev–Trinajstić information content (AvgIpc) is 3.81. The summed E-state index contributed by atoms with van der Waals surface area (Å²) >= 11 is 0. The molecule has 3 heteroatoms. The van der Waals surface area contributed by atoms with E-state index in [1.807, 2.05) is 0 Å². The van der Waals surface area contributed by atoms with Gasteiger partial charge in [0.05, 0.1) is 22.0 Å². The molecule has 8 aliphatic rings. The van der Waals surface area contributed by atoms with Gasteiger partial charge < -0.3 is 4.40 Å². The molecule has 59 heavy (non-hydrogen) atoms. The molecule has 2 fully saturated rings. The lowest BCUT2D eigenvalue weighted by Gasteiger charge is -2.43. The first-order valence-electron chi connectivity index (χ1n) is 22.3. The molecule has 0 saturated heterocycles. The number of nitrogens with zero attached hydrogens (tertiary/aromatic N) is 1. The Hall–Kier alpha value is -5.54. The molecule has 0 unspecified atom stereocenters. The molecule has 1 spiro atoms. The van der Waals surface area contributed by atoms with Crippen LogP contribution >= 0.6 is 0 Å². The van der Waals surface area contributed by atoms with Crippen molar-refractivity contribution in [2.24, 2.45) is 5.41 Å². The zero-order valence-corrected chi connectivity index (χ0v) is 34.4. The number of Topliss-reactive ketones (excluding diaryl/α,β-unsaturated/α-hetero) is 2. The van der Waals surface area contributed by atoms with Crippen molar-refractivity contribution >= 4 is 49.7 Å². The summed E-state index contributed by atoms with van der Waals surface area (Å²) in [4.78, 5) is 30.5. The standard InChI is InChI=1S/C56H47NO2/c1-52-22-24-53(2,25-23-52)50(58)34-29-45-32(26-42(34)52)33-27-44-47(31-14-6-7-15-37(31)56(44)20-12-5-13-21-56)48-36-28-43-35(30-46(36)57(45)49(33)48)51(59)55(4)40-18-10-8-16-38(40)54(43,3)39-17-9-11-19-41(39)55/h6-11,14-19,26-30H,5,12-13,20-25H2,1-4H3. The maximum atomic E-state index is 15.7. The molecular formula is C56H47NO2. The molecule has 2 saturated carbocycles. The number of fused-ring (bicyclic) bond motifs is 14. The third-order valence-corrected chi connectivity index (χ3v) is 17.9. The summed E-state index contributed by atoms with van der Waals surface area (Å²) in [5, 5.41) is 5.07. The maximum Gasteiger partial charge on any atom is 0.177 e. The van der Waals surface area contributed by atoms with Crippen molar-refractivity contribution in [1.29, 1.82) is 0 Å². The van der Waals surface area contributed by atoms with Crippen LogP contribution in [0.5, 0.6) is 0 Å². The molecule has 0 N–H and O–H groups in total. The molecule has 3 nitrogen and oxygen atoms in total. The van der Waals surface area contributed by atoms with Crippen LogP contribution in [0.2, 0.25) is 0 Å². The fraction of sp³-hybridized carbons (Fsp3) is 0.321. The predicted molar refractivity (Wildman–Crippen MR) is 238 cm³/mol. The van der Waals surface area contributed by atoms with Crippen molar-refractivity contribution in [1.82, 2.24) is 4.40 Å². The molecule has 0 amide bonds. The zero-order chi connectivity index (χ0) is 39.6. The van der Waals surface area contributed by atoms with E-state index in [4.69, 9.17) is 0 Å². The normalized spacial score (nSPS) is 28.2. The molecule has 0 atom stereocenters. The second-order valence-corrected chi connectivity index (χ2v) is 20.5. The molecule has 0 radical (unpaired) electrons. The van der Waals surface area contributed by atoms with Gasteiger partial charge in [-0.2, -0.15) is 0 Å². The van der Waals surface area contributed by atoms with Crippen LogP contribution in [-0.4, -0.2) is 16.0 Å². The monoisotopic (exact) mass is 765 g/mol. The minimum Gasteiger partial charge on any atom is -0.308 e. The first kappa shape index (κ1) is 33.3. The fourth-order valence-electron chi connectivity index (χ4n) is 14.6. The van der Waals surface area contributed by atoms with Gasteiger partial charge in [-0.25, -0.2) is 0 Å². The highest BCUT2D eigenvalue weighted by atomic mass is 16.1. The van der Waals surface area contributed by atoms with E-state index >= 15 is 4.79 Å². The van der Waals surface area contributed by atoms with Crippen molar-refractivity contribution in [3.05, 3.63) is 159 Å². The van der Waals surface area contributed by atoms with E-state index in [0.717, 1.165) is 77.4 Å². The number of hydrogen-bond acceptors (Lipinski definition) is 2. The van der Waals surface area contributed by atoms with E-state index in [0.29, 0.717) is 5.78 Å². The van der Waals surface area contributed by atoms with Crippen LogP contribution in [0.4, 0.5) is 0 Å². The Morgan fingerprint density at radius 1 is 0.441 bits per heavy atom. The van der Waals surface area contributed by atoms with Gasteiger partial charge in [0.2, 0.25) is 0 Å². The molecule has 2 aromatic heterocycles. The summed E-state index contributed by atoms with van der Waals surface area (Å²) in [6.45, 7) is 9.16. The fourth-order valence-corrected chi connectivity index (χ4v) is 14.6. The second-order valence-electron chi connectivity index (χ2n) is 20.5. The van der Waals surface area contributed by atoms with E-state index in [1.165, 1.54) is 85.3 Å². The highest BCUT2D eigenvalue weighted by Crippen LogP contribution is 2.63. The number of aromatic nitrogens is 1. The number of rotatable bonds is 0. The topological polar surface area (TPSA) is 38.5 Å². The highest BCUT2D eigenvalue weighted by Gasteiger charge is 2.56. The third kappa shape index (κ3) is 3.50. The summed E-state index contributed by atoms with van der Waals surface area (Å²) in [6.07, 6.45) is 10.1. The number of benzene rings is 6. The summed E-state index contributed by atoms with van der Waals surface area (Å²) in [7, 11) is 0. The Kier molecular flexibility index (Phi) is 5.78. The minimum atomic E-state index is -0.826. The van der Waals surface area contributed by atoms with E-state index in [2.05, 4.69) is 135 Å². The van der Waals surface area contributed by atoms with Gasteiger partial charge >= 0.3 is 0 Å². The predicted octanol–water partition coefficient (Wildman–Crippen LogP) is 13.3. The average molecular weight is 766 g/mol. The maximum absolute atomic E-state index is 15.7. The SMILES string of the molecule is CC12CCC(C)(CC1)c1cc3c4cc5c(c6c7cc8c(cc7n(c3cc1C2=O)c46)C(=O)C1(C)c2ccccc2C8(C)c2ccccc21)-c1ccccc1C51CCCCC1. The summed E-state index contributed by atoms with van der Waals surface area (Å²) in [6, 6.07) is 38.8. The van der Waals surface area contributed by atoms with Gasteiger partial charge in [-0.15, -0.1) is 0 Å². The molecule has 2 heterocycles. The minimum absolute atomic E-state index is 0.0221. The number of carbonyl (C=O) groups excluding carboxylic acids is 2. The van der Waals surface area contributed by atoms with Crippen LogP contribution in [0, 0.1) is 5.41 Å².